The molecule has 0 aliphatic carbocycles. The molecule has 1 aromatic heterocycles. The van der Waals surface area contributed by atoms with Gasteiger partial charge in [0.25, 0.3) is 5.91 Å². The lowest BCUT2D eigenvalue weighted by molar-refractivity contribution is -0.121. The molecule has 1 atom stereocenters. The second kappa shape index (κ2) is 7.30. The second-order valence-electron chi connectivity index (χ2n) is 4.65. The summed E-state index contributed by atoms with van der Waals surface area (Å²) in [6, 6.07) is 5.36. The molecule has 1 heterocycles. The van der Waals surface area contributed by atoms with E-state index in [1.807, 2.05) is 0 Å². The molecule has 22 heavy (non-hydrogen) atoms. The number of nitrogens with one attached hydrogen (secondary N) is 3. The molecule has 3 N–H and O–H groups in total. The van der Waals surface area contributed by atoms with Crippen LogP contribution in [-0.4, -0.2) is 33.5 Å². The Morgan fingerprint density at radius 3 is 2.82 bits per heavy atom. The van der Waals surface area contributed by atoms with Crippen LogP contribution >= 0.6 is 0 Å². The van der Waals surface area contributed by atoms with Gasteiger partial charge < -0.3 is 10.6 Å². The third-order valence-electron chi connectivity index (χ3n) is 2.98. The number of hydrogen-bond acceptors (Lipinski definition) is 4. The smallest absolute Gasteiger partial charge is 0.254 e. The van der Waals surface area contributed by atoms with E-state index in [1.54, 1.807) is 13.0 Å². The van der Waals surface area contributed by atoms with Gasteiger partial charge in [-0.05, 0) is 19.1 Å². The van der Waals surface area contributed by atoms with Crippen molar-refractivity contribution in [2.45, 2.75) is 19.4 Å². The van der Waals surface area contributed by atoms with E-state index < -0.39 is 11.7 Å². The normalized spacial score (nSPS) is 11.7. The van der Waals surface area contributed by atoms with Crippen molar-refractivity contribution in [2.75, 3.05) is 6.54 Å². The molecule has 0 radical (unpaired) electrons. The minimum Gasteiger partial charge on any atom is -0.351 e. The van der Waals surface area contributed by atoms with E-state index >= 15 is 0 Å². The maximum absolute atomic E-state index is 13.4. The van der Waals surface area contributed by atoms with Gasteiger partial charge >= 0.3 is 0 Å². The summed E-state index contributed by atoms with van der Waals surface area (Å²) in [5.74, 6) is -0.848. The Balaban J connectivity index is 1.75. The zero-order valence-corrected chi connectivity index (χ0v) is 12.0. The number of rotatable bonds is 6. The fraction of sp³-hybridized carbons (Fsp3) is 0.286. The van der Waals surface area contributed by atoms with Crippen molar-refractivity contribution in [3.05, 3.63) is 47.8 Å². The van der Waals surface area contributed by atoms with E-state index in [-0.39, 0.29) is 30.5 Å². The third-order valence-corrected chi connectivity index (χ3v) is 2.98. The first-order valence-electron chi connectivity index (χ1n) is 6.75. The van der Waals surface area contributed by atoms with Crippen molar-refractivity contribution >= 4 is 11.8 Å². The molecule has 116 valence electrons. The fourth-order valence-electron chi connectivity index (χ4n) is 1.84. The summed E-state index contributed by atoms with van der Waals surface area (Å²) in [4.78, 5) is 27.4. The standard InChI is InChI=1S/C14H16FN5O2/c1-9(13-17-8-18-20-13)19-12(21)6-7-16-14(22)10-4-2-3-5-11(10)15/h2-5,8-9H,6-7H2,1H3,(H,16,22)(H,19,21)(H,17,18,20). The molecule has 0 fully saturated rings. The summed E-state index contributed by atoms with van der Waals surface area (Å²) >= 11 is 0. The first-order valence-corrected chi connectivity index (χ1v) is 6.75. The average molecular weight is 305 g/mol. The summed E-state index contributed by atoms with van der Waals surface area (Å²) in [5.41, 5.74) is -0.0436. The van der Waals surface area contributed by atoms with Gasteiger partial charge in [-0.2, -0.15) is 5.10 Å². The van der Waals surface area contributed by atoms with Crippen LogP contribution in [-0.2, 0) is 4.79 Å². The maximum atomic E-state index is 13.4. The number of carbonyl (C=O) groups is 2. The number of benzene rings is 1. The minimum absolute atomic E-state index is 0.0436. The molecule has 1 unspecified atom stereocenters. The number of halogens is 1. The lowest BCUT2D eigenvalue weighted by Gasteiger charge is -2.11. The van der Waals surface area contributed by atoms with Crippen molar-refractivity contribution in [2.24, 2.45) is 0 Å². The molecule has 0 aliphatic rings. The Labute approximate surface area is 126 Å². The van der Waals surface area contributed by atoms with Gasteiger partial charge in [0, 0.05) is 13.0 Å². The molecule has 2 amide bonds. The van der Waals surface area contributed by atoms with Crippen LogP contribution in [0.25, 0.3) is 0 Å². The highest BCUT2D eigenvalue weighted by Crippen LogP contribution is 2.06. The Morgan fingerprint density at radius 2 is 2.14 bits per heavy atom. The van der Waals surface area contributed by atoms with Crippen molar-refractivity contribution in [3.63, 3.8) is 0 Å². The van der Waals surface area contributed by atoms with E-state index in [1.165, 1.54) is 24.5 Å². The number of H-pyrrole nitrogens is 1. The maximum Gasteiger partial charge on any atom is 0.254 e. The van der Waals surface area contributed by atoms with Crippen LogP contribution in [0.3, 0.4) is 0 Å². The minimum atomic E-state index is -0.594. The van der Waals surface area contributed by atoms with Crippen molar-refractivity contribution in [1.82, 2.24) is 25.8 Å². The molecule has 1 aromatic carbocycles. The molecular formula is C14H16FN5O2. The Kier molecular flexibility index (Phi) is 5.18. The lowest BCUT2D eigenvalue weighted by Crippen LogP contribution is -2.32. The van der Waals surface area contributed by atoms with Crippen LogP contribution in [0.4, 0.5) is 4.39 Å². The van der Waals surface area contributed by atoms with E-state index in [4.69, 9.17) is 0 Å². The van der Waals surface area contributed by atoms with Gasteiger partial charge in [-0.3, -0.25) is 14.7 Å². The topological polar surface area (TPSA) is 99.8 Å². The molecule has 2 aromatic rings. The van der Waals surface area contributed by atoms with Crippen LogP contribution in [0.5, 0.6) is 0 Å². The van der Waals surface area contributed by atoms with Crippen LogP contribution in [0.15, 0.2) is 30.6 Å². The molecule has 0 saturated heterocycles. The van der Waals surface area contributed by atoms with Gasteiger partial charge in [0.2, 0.25) is 5.91 Å². The summed E-state index contributed by atoms with van der Waals surface area (Å²) in [7, 11) is 0. The average Bonchev–Trinajstić information content (AvgIpc) is 3.01. The summed E-state index contributed by atoms with van der Waals surface area (Å²) in [5, 5.41) is 11.6. The molecule has 7 nitrogen and oxygen atoms in total. The van der Waals surface area contributed by atoms with Gasteiger partial charge in [-0.25, -0.2) is 9.37 Å². The lowest BCUT2D eigenvalue weighted by atomic mass is 10.2. The summed E-state index contributed by atoms with van der Waals surface area (Å²) in [6.45, 7) is 1.87. The first-order chi connectivity index (χ1) is 10.6. The van der Waals surface area contributed by atoms with Gasteiger partial charge in [0.15, 0.2) is 0 Å². The summed E-state index contributed by atoms with van der Waals surface area (Å²) < 4.78 is 13.4. The van der Waals surface area contributed by atoms with E-state index in [2.05, 4.69) is 25.8 Å². The van der Waals surface area contributed by atoms with Crippen LogP contribution in [0.2, 0.25) is 0 Å². The zero-order chi connectivity index (χ0) is 15.9. The number of hydrogen-bond donors (Lipinski definition) is 3. The number of carbonyl (C=O) groups excluding carboxylic acids is 2. The molecule has 0 bridgehead atoms. The number of nitrogens with zero attached hydrogens (tertiary/aromatic N) is 2. The van der Waals surface area contributed by atoms with Gasteiger partial charge in [-0.15, -0.1) is 0 Å². The highest BCUT2D eigenvalue weighted by Gasteiger charge is 2.13. The summed E-state index contributed by atoms with van der Waals surface area (Å²) in [6.07, 6.45) is 1.44. The zero-order valence-electron chi connectivity index (χ0n) is 12.0. The molecule has 0 spiro atoms. The number of aromatic amines is 1. The van der Waals surface area contributed by atoms with E-state index in [0.717, 1.165) is 0 Å². The highest BCUT2D eigenvalue weighted by atomic mass is 19.1. The largest absolute Gasteiger partial charge is 0.351 e. The van der Waals surface area contributed by atoms with E-state index in [0.29, 0.717) is 5.82 Å². The van der Waals surface area contributed by atoms with Gasteiger partial charge in [0.05, 0.1) is 11.6 Å². The fourth-order valence-corrected chi connectivity index (χ4v) is 1.84. The molecule has 8 heteroatoms. The predicted molar refractivity (Wildman–Crippen MR) is 76.3 cm³/mol. The third kappa shape index (κ3) is 4.11. The molecule has 0 aliphatic heterocycles. The monoisotopic (exact) mass is 305 g/mol. The first kappa shape index (κ1) is 15.6. The Hall–Kier alpha value is -2.77. The molecule has 0 saturated carbocycles. The number of aromatic nitrogens is 3. The van der Waals surface area contributed by atoms with Crippen LogP contribution in [0.1, 0.15) is 35.6 Å². The van der Waals surface area contributed by atoms with Gasteiger partial charge in [0.1, 0.15) is 18.0 Å². The van der Waals surface area contributed by atoms with Gasteiger partial charge in [-0.1, -0.05) is 12.1 Å². The predicted octanol–water partition coefficient (Wildman–Crippen LogP) is 0.941. The van der Waals surface area contributed by atoms with Crippen LogP contribution in [0, 0.1) is 5.82 Å². The quantitative estimate of drug-likeness (QED) is 0.739. The molecular weight excluding hydrogens is 289 g/mol. The Morgan fingerprint density at radius 1 is 1.36 bits per heavy atom. The van der Waals surface area contributed by atoms with Crippen molar-refractivity contribution in [3.8, 4) is 0 Å². The van der Waals surface area contributed by atoms with Crippen molar-refractivity contribution < 1.29 is 14.0 Å². The van der Waals surface area contributed by atoms with Crippen LogP contribution < -0.4 is 10.6 Å². The highest BCUT2D eigenvalue weighted by molar-refractivity contribution is 5.94. The van der Waals surface area contributed by atoms with Crippen molar-refractivity contribution in [1.29, 1.82) is 0 Å². The molecule has 2 rings (SSSR count). The van der Waals surface area contributed by atoms with E-state index in [9.17, 15) is 14.0 Å². The number of amides is 2. The Bertz CT molecular complexity index is 644. The SMILES string of the molecule is CC(NC(=O)CCNC(=O)c1ccccc1F)c1ncn[nH]1. The second-order valence-corrected chi connectivity index (χ2v) is 4.65.